The molecule has 0 fully saturated rings. The molecule has 1 aromatic carbocycles. The molecule has 1 unspecified atom stereocenters. The first-order chi connectivity index (χ1) is 11.0. The molecule has 120 valence electrons. The van der Waals surface area contributed by atoms with Crippen molar-refractivity contribution in [3.63, 3.8) is 0 Å². The number of benzene rings is 1. The van der Waals surface area contributed by atoms with Gasteiger partial charge in [0.1, 0.15) is 11.4 Å². The van der Waals surface area contributed by atoms with Gasteiger partial charge in [-0.25, -0.2) is 4.98 Å². The molecule has 2 aromatic heterocycles. The highest BCUT2D eigenvalue weighted by Crippen LogP contribution is 2.33. The molecular formula is C19H21ClN2O. The first-order valence-corrected chi connectivity index (χ1v) is 8.29. The van der Waals surface area contributed by atoms with Crippen molar-refractivity contribution in [3.8, 4) is 17.0 Å². The average Bonchev–Trinajstić information content (AvgIpc) is 2.85. The van der Waals surface area contributed by atoms with Crippen LogP contribution in [0.15, 0.2) is 42.6 Å². The number of pyridine rings is 1. The molecule has 0 amide bonds. The molecule has 3 nitrogen and oxygen atoms in total. The Hall–Kier alpha value is -2.00. The highest BCUT2D eigenvalue weighted by molar-refractivity contribution is 6.20. The van der Waals surface area contributed by atoms with Gasteiger partial charge in [-0.15, -0.1) is 11.6 Å². The largest absolute Gasteiger partial charge is 0.491 e. The van der Waals surface area contributed by atoms with E-state index in [0.717, 1.165) is 28.3 Å². The Kier molecular flexibility index (Phi) is 4.31. The van der Waals surface area contributed by atoms with E-state index in [2.05, 4.69) is 23.5 Å². The summed E-state index contributed by atoms with van der Waals surface area (Å²) in [6.07, 6.45) is 2.20. The Morgan fingerprint density at radius 2 is 1.78 bits per heavy atom. The number of aromatic nitrogens is 2. The molecule has 0 saturated heterocycles. The van der Waals surface area contributed by atoms with Crippen LogP contribution < -0.4 is 4.74 Å². The van der Waals surface area contributed by atoms with Gasteiger partial charge in [0.05, 0.1) is 22.9 Å². The van der Waals surface area contributed by atoms with E-state index in [4.69, 9.17) is 21.3 Å². The van der Waals surface area contributed by atoms with Gasteiger partial charge in [0.25, 0.3) is 0 Å². The average molecular weight is 329 g/mol. The summed E-state index contributed by atoms with van der Waals surface area (Å²) in [6.45, 7) is 8.08. The molecule has 0 spiro atoms. The lowest BCUT2D eigenvalue weighted by Gasteiger charge is -2.11. The normalized spacial score (nSPS) is 12.8. The van der Waals surface area contributed by atoms with Gasteiger partial charge in [0.2, 0.25) is 0 Å². The summed E-state index contributed by atoms with van der Waals surface area (Å²) in [6, 6.07) is 12.2. The number of nitrogens with zero attached hydrogens (tertiary/aromatic N) is 2. The lowest BCUT2D eigenvalue weighted by atomic mass is 10.1. The molecule has 0 radical (unpaired) electrons. The maximum absolute atomic E-state index is 6.43. The van der Waals surface area contributed by atoms with Gasteiger partial charge in [-0.3, -0.25) is 0 Å². The molecule has 0 aliphatic carbocycles. The van der Waals surface area contributed by atoms with E-state index in [0.29, 0.717) is 0 Å². The van der Waals surface area contributed by atoms with Crippen LogP contribution in [0.2, 0.25) is 0 Å². The number of hydrogen-bond donors (Lipinski definition) is 0. The Bertz CT molecular complexity index is 819. The minimum absolute atomic E-state index is 0.130. The zero-order chi connectivity index (χ0) is 16.6. The van der Waals surface area contributed by atoms with Crippen LogP contribution >= 0.6 is 11.6 Å². The Balaban J connectivity index is 2.09. The van der Waals surface area contributed by atoms with E-state index in [1.54, 1.807) is 0 Å². The molecule has 0 aliphatic rings. The van der Waals surface area contributed by atoms with Crippen LogP contribution in [-0.4, -0.2) is 15.5 Å². The predicted molar refractivity (Wildman–Crippen MR) is 95.4 cm³/mol. The summed E-state index contributed by atoms with van der Waals surface area (Å²) >= 11 is 6.43. The highest BCUT2D eigenvalue weighted by Gasteiger charge is 2.18. The number of imidazole rings is 1. The highest BCUT2D eigenvalue weighted by atomic mass is 35.5. The lowest BCUT2D eigenvalue weighted by molar-refractivity contribution is 0.242. The summed E-state index contributed by atoms with van der Waals surface area (Å²) in [5.74, 6) is 0.865. The van der Waals surface area contributed by atoms with Crippen molar-refractivity contribution in [2.24, 2.45) is 0 Å². The van der Waals surface area contributed by atoms with E-state index in [9.17, 15) is 0 Å². The summed E-state index contributed by atoms with van der Waals surface area (Å²) in [5.41, 5.74) is 5.09. The number of rotatable bonds is 4. The van der Waals surface area contributed by atoms with Gasteiger partial charge < -0.3 is 9.14 Å². The zero-order valence-corrected chi connectivity index (χ0v) is 14.6. The number of ether oxygens (including phenoxy) is 1. The zero-order valence-electron chi connectivity index (χ0n) is 13.9. The number of hydrogen-bond acceptors (Lipinski definition) is 2. The molecule has 2 heterocycles. The van der Waals surface area contributed by atoms with Crippen molar-refractivity contribution in [2.45, 2.75) is 39.2 Å². The first-order valence-electron chi connectivity index (χ1n) is 7.85. The van der Waals surface area contributed by atoms with Crippen molar-refractivity contribution < 1.29 is 4.74 Å². The van der Waals surface area contributed by atoms with Crippen LogP contribution in [0.4, 0.5) is 0 Å². The van der Waals surface area contributed by atoms with Gasteiger partial charge in [-0.2, -0.15) is 0 Å². The lowest BCUT2D eigenvalue weighted by Crippen LogP contribution is -2.05. The van der Waals surface area contributed by atoms with Crippen LogP contribution in [0.1, 0.15) is 37.4 Å². The first kappa shape index (κ1) is 15.9. The number of fused-ring (bicyclic) bond motifs is 1. The van der Waals surface area contributed by atoms with Crippen LogP contribution in [0, 0.1) is 6.92 Å². The van der Waals surface area contributed by atoms with Crippen molar-refractivity contribution in [2.75, 3.05) is 0 Å². The third-order valence-corrected chi connectivity index (χ3v) is 3.90. The van der Waals surface area contributed by atoms with Crippen LogP contribution in [-0.2, 0) is 0 Å². The van der Waals surface area contributed by atoms with Gasteiger partial charge in [0.15, 0.2) is 0 Å². The topological polar surface area (TPSA) is 26.5 Å². The summed E-state index contributed by atoms with van der Waals surface area (Å²) in [7, 11) is 0. The minimum atomic E-state index is -0.130. The fourth-order valence-corrected chi connectivity index (χ4v) is 2.93. The molecule has 1 atom stereocenters. The molecule has 0 saturated carbocycles. The van der Waals surface area contributed by atoms with Crippen molar-refractivity contribution in [1.29, 1.82) is 0 Å². The fraction of sp³-hybridized carbons (Fsp3) is 0.316. The molecule has 4 heteroatoms. The van der Waals surface area contributed by atoms with Gasteiger partial charge in [-0.1, -0.05) is 0 Å². The van der Waals surface area contributed by atoms with Crippen LogP contribution in [0.25, 0.3) is 16.9 Å². The minimum Gasteiger partial charge on any atom is -0.491 e. The third-order valence-electron chi connectivity index (χ3n) is 3.69. The van der Waals surface area contributed by atoms with Crippen LogP contribution in [0.3, 0.4) is 0 Å². The second-order valence-corrected chi connectivity index (χ2v) is 6.74. The quantitative estimate of drug-likeness (QED) is 0.600. The van der Waals surface area contributed by atoms with E-state index in [1.165, 1.54) is 5.56 Å². The van der Waals surface area contributed by atoms with Crippen molar-refractivity contribution in [1.82, 2.24) is 9.38 Å². The fourth-order valence-electron chi connectivity index (χ4n) is 2.72. The number of halogens is 1. The SMILES string of the molecule is Cc1ccn2c(C(C)Cl)c(-c3ccc(OC(C)C)cc3)nc2c1. The van der Waals surface area contributed by atoms with Gasteiger partial charge >= 0.3 is 0 Å². The Morgan fingerprint density at radius 1 is 1.09 bits per heavy atom. The van der Waals surface area contributed by atoms with Crippen molar-refractivity contribution in [3.05, 3.63) is 53.9 Å². The van der Waals surface area contributed by atoms with E-state index in [1.807, 2.05) is 51.2 Å². The number of alkyl halides is 1. The van der Waals surface area contributed by atoms with E-state index >= 15 is 0 Å². The smallest absolute Gasteiger partial charge is 0.137 e. The third kappa shape index (κ3) is 3.20. The van der Waals surface area contributed by atoms with Crippen molar-refractivity contribution >= 4 is 17.2 Å². The summed E-state index contributed by atoms with van der Waals surface area (Å²) < 4.78 is 7.77. The summed E-state index contributed by atoms with van der Waals surface area (Å²) in [5, 5.41) is -0.130. The Morgan fingerprint density at radius 3 is 2.39 bits per heavy atom. The number of aryl methyl sites for hydroxylation is 1. The van der Waals surface area contributed by atoms with Gasteiger partial charge in [-0.05, 0) is 69.7 Å². The predicted octanol–water partition coefficient (Wildman–Crippen LogP) is 5.40. The standard InChI is InChI=1S/C19H21ClN2O/c1-12(2)23-16-7-5-15(6-8-16)18-19(14(4)20)22-10-9-13(3)11-17(22)21-18/h5-12,14H,1-4H3. The molecule has 0 N–H and O–H groups in total. The molecule has 0 bridgehead atoms. The maximum atomic E-state index is 6.43. The maximum Gasteiger partial charge on any atom is 0.137 e. The van der Waals surface area contributed by atoms with E-state index < -0.39 is 0 Å². The van der Waals surface area contributed by atoms with Gasteiger partial charge in [0, 0.05) is 11.8 Å². The molecule has 3 aromatic rings. The second-order valence-electron chi connectivity index (χ2n) is 6.08. The molecule has 3 rings (SSSR count). The summed E-state index contributed by atoms with van der Waals surface area (Å²) in [4.78, 5) is 4.79. The van der Waals surface area contributed by atoms with E-state index in [-0.39, 0.29) is 11.5 Å². The molecular weight excluding hydrogens is 308 g/mol. The molecule has 23 heavy (non-hydrogen) atoms. The Labute approximate surface area is 141 Å². The van der Waals surface area contributed by atoms with Crippen LogP contribution in [0.5, 0.6) is 5.75 Å². The monoisotopic (exact) mass is 328 g/mol. The second kappa shape index (κ2) is 6.25. The molecule has 0 aliphatic heterocycles.